The van der Waals surface area contributed by atoms with Crippen molar-refractivity contribution in [3.05, 3.63) is 5.89 Å². The molecule has 0 aromatic carbocycles. The predicted molar refractivity (Wildman–Crippen MR) is 50.7 cm³/mol. The lowest BCUT2D eigenvalue weighted by molar-refractivity contribution is 0.281. The van der Waals surface area contributed by atoms with Crippen LogP contribution in [0.1, 0.15) is 19.7 Å². The lowest BCUT2D eigenvalue weighted by Gasteiger charge is -2.17. The maximum atomic E-state index is 5.12. The molecule has 0 bridgehead atoms. The molecule has 74 valence electrons. The number of nitrogens with one attached hydrogen (secondary N) is 1. The average Bonchev–Trinajstić information content (AvgIpc) is 2.52. The summed E-state index contributed by atoms with van der Waals surface area (Å²) in [6.07, 6.45) is 0. The molecule has 0 unspecified atom stereocenters. The first kappa shape index (κ1) is 9.98. The van der Waals surface area contributed by atoms with Crippen molar-refractivity contribution < 1.29 is 4.52 Å². The van der Waals surface area contributed by atoms with Crippen LogP contribution in [-0.4, -0.2) is 31.3 Å². The van der Waals surface area contributed by atoms with Crippen LogP contribution in [0.15, 0.2) is 4.52 Å². The van der Waals surface area contributed by atoms with E-state index in [9.17, 15) is 0 Å². The van der Waals surface area contributed by atoms with Crippen LogP contribution in [0.25, 0.3) is 0 Å². The number of rotatable bonds is 3. The van der Waals surface area contributed by atoms with E-state index in [2.05, 4.69) is 15.5 Å². The van der Waals surface area contributed by atoms with Gasteiger partial charge in [-0.2, -0.15) is 4.98 Å². The molecule has 0 atom stereocenters. The Balaban J connectivity index is 2.91. The highest BCUT2D eigenvalue weighted by Gasteiger charge is 2.25. The zero-order chi connectivity index (χ0) is 10.1. The summed E-state index contributed by atoms with van der Waals surface area (Å²) in [5, 5.41) is 6.92. The fourth-order valence-corrected chi connectivity index (χ4v) is 0.758. The van der Waals surface area contributed by atoms with E-state index in [0.29, 0.717) is 11.8 Å². The fourth-order valence-electron chi connectivity index (χ4n) is 0.758. The van der Waals surface area contributed by atoms with Gasteiger partial charge in [0.1, 0.15) is 0 Å². The molecule has 13 heavy (non-hydrogen) atoms. The molecular weight excluding hydrogens is 168 g/mol. The van der Waals surface area contributed by atoms with Crippen molar-refractivity contribution >= 4 is 5.95 Å². The van der Waals surface area contributed by atoms with Gasteiger partial charge in [-0.25, -0.2) is 0 Å². The summed E-state index contributed by atoms with van der Waals surface area (Å²) >= 11 is 0. The van der Waals surface area contributed by atoms with E-state index in [0.717, 1.165) is 0 Å². The number of nitrogens with zero attached hydrogens (tertiary/aromatic N) is 3. The first-order valence-corrected chi connectivity index (χ1v) is 4.18. The van der Waals surface area contributed by atoms with Gasteiger partial charge in [0, 0.05) is 14.1 Å². The third-order valence-corrected chi connectivity index (χ3v) is 1.97. The minimum absolute atomic E-state index is 0.277. The third kappa shape index (κ3) is 1.98. The summed E-state index contributed by atoms with van der Waals surface area (Å²) in [6.45, 7) is 3.97. The smallest absolute Gasteiger partial charge is 0.265 e. The predicted octanol–water partition coefficient (Wildman–Crippen LogP) is 0.590. The van der Waals surface area contributed by atoms with Crippen molar-refractivity contribution in [1.82, 2.24) is 15.5 Å². The second-order valence-corrected chi connectivity index (χ2v) is 3.67. The van der Waals surface area contributed by atoms with Gasteiger partial charge in [-0.3, -0.25) is 0 Å². The third-order valence-electron chi connectivity index (χ3n) is 1.97. The molecule has 0 spiro atoms. The number of hydrogen-bond acceptors (Lipinski definition) is 5. The fraction of sp³-hybridized carbons (Fsp3) is 0.750. The molecule has 1 N–H and O–H groups in total. The van der Waals surface area contributed by atoms with E-state index in [1.165, 1.54) is 0 Å². The Morgan fingerprint density at radius 1 is 1.38 bits per heavy atom. The van der Waals surface area contributed by atoms with Crippen molar-refractivity contribution in [2.45, 2.75) is 19.4 Å². The maximum absolute atomic E-state index is 5.12. The molecule has 0 saturated carbocycles. The van der Waals surface area contributed by atoms with Gasteiger partial charge in [0.2, 0.25) is 5.89 Å². The van der Waals surface area contributed by atoms with Crippen molar-refractivity contribution in [1.29, 1.82) is 0 Å². The van der Waals surface area contributed by atoms with E-state index in [-0.39, 0.29) is 5.54 Å². The van der Waals surface area contributed by atoms with Gasteiger partial charge in [-0.05, 0) is 26.1 Å². The first-order chi connectivity index (χ1) is 5.97. The van der Waals surface area contributed by atoms with Crippen molar-refractivity contribution in [3.8, 4) is 0 Å². The largest absolute Gasteiger partial charge is 0.344 e. The summed E-state index contributed by atoms with van der Waals surface area (Å²) in [7, 11) is 5.61. The molecule has 0 aliphatic heterocycles. The summed E-state index contributed by atoms with van der Waals surface area (Å²) in [4.78, 5) is 6.04. The molecule has 0 amide bonds. The Hall–Kier alpha value is -1.10. The Morgan fingerprint density at radius 3 is 2.38 bits per heavy atom. The number of aromatic nitrogens is 2. The van der Waals surface area contributed by atoms with Crippen LogP contribution in [0, 0.1) is 0 Å². The quantitative estimate of drug-likeness (QED) is 0.745. The molecule has 5 heteroatoms. The Morgan fingerprint density at radius 2 is 2.00 bits per heavy atom. The lowest BCUT2D eigenvalue weighted by Crippen LogP contribution is -2.33. The monoisotopic (exact) mass is 184 g/mol. The molecular formula is C8H16N4O. The van der Waals surface area contributed by atoms with Gasteiger partial charge in [-0.1, -0.05) is 0 Å². The Kier molecular flexibility index (Phi) is 2.56. The van der Waals surface area contributed by atoms with Gasteiger partial charge < -0.3 is 14.7 Å². The summed E-state index contributed by atoms with van der Waals surface area (Å²) in [5.74, 6) is 1.19. The van der Waals surface area contributed by atoms with Gasteiger partial charge >= 0.3 is 0 Å². The second-order valence-electron chi connectivity index (χ2n) is 3.67. The van der Waals surface area contributed by atoms with Crippen molar-refractivity contribution in [2.75, 3.05) is 26.0 Å². The van der Waals surface area contributed by atoms with Crippen LogP contribution in [0.4, 0.5) is 5.95 Å². The van der Waals surface area contributed by atoms with Crippen LogP contribution in [-0.2, 0) is 5.54 Å². The minimum atomic E-state index is -0.277. The topological polar surface area (TPSA) is 54.2 Å². The van der Waals surface area contributed by atoms with Crippen LogP contribution >= 0.6 is 0 Å². The standard InChI is InChI=1S/C8H16N4O/c1-8(2,9-3)6-10-7(11-13-6)12(4)5/h9H,1-5H3. The SMILES string of the molecule is CNC(C)(C)c1nc(N(C)C)no1. The van der Waals surface area contributed by atoms with E-state index in [1.807, 2.05) is 35.0 Å². The summed E-state index contributed by atoms with van der Waals surface area (Å²) < 4.78 is 5.12. The van der Waals surface area contributed by atoms with Crippen LogP contribution in [0.2, 0.25) is 0 Å². The van der Waals surface area contributed by atoms with Crippen LogP contribution in [0.5, 0.6) is 0 Å². The highest BCUT2D eigenvalue weighted by Crippen LogP contribution is 2.18. The molecule has 1 rings (SSSR count). The highest BCUT2D eigenvalue weighted by atomic mass is 16.5. The zero-order valence-electron chi connectivity index (χ0n) is 8.75. The summed E-state index contributed by atoms with van der Waals surface area (Å²) in [6, 6.07) is 0. The van der Waals surface area contributed by atoms with Crippen molar-refractivity contribution in [2.24, 2.45) is 0 Å². The van der Waals surface area contributed by atoms with Gasteiger partial charge in [0.25, 0.3) is 5.95 Å². The van der Waals surface area contributed by atoms with E-state index in [4.69, 9.17) is 4.52 Å². The minimum Gasteiger partial charge on any atom is -0.344 e. The molecule has 1 aromatic heterocycles. The lowest BCUT2D eigenvalue weighted by atomic mass is 10.1. The molecule has 0 aliphatic rings. The second kappa shape index (κ2) is 3.33. The Bertz CT molecular complexity index is 279. The number of anilines is 1. The van der Waals surface area contributed by atoms with Crippen molar-refractivity contribution in [3.63, 3.8) is 0 Å². The average molecular weight is 184 g/mol. The molecule has 5 nitrogen and oxygen atoms in total. The van der Waals surface area contributed by atoms with E-state index < -0.39 is 0 Å². The zero-order valence-corrected chi connectivity index (χ0v) is 8.75. The first-order valence-electron chi connectivity index (χ1n) is 4.18. The molecule has 1 heterocycles. The Labute approximate surface area is 78.1 Å². The normalized spacial score (nSPS) is 11.8. The van der Waals surface area contributed by atoms with E-state index in [1.54, 1.807) is 4.90 Å². The molecule has 1 aromatic rings. The number of hydrogen-bond donors (Lipinski definition) is 1. The van der Waals surface area contributed by atoms with Gasteiger partial charge in [0.05, 0.1) is 5.54 Å². The molecule has 0 radical (unpaired) electrons. The maximum Gasteiger partial charge on any atom is 0.265 e. The molecule has 0 aliphatic carbocycles. The highest BCUT2D eigenvalue weighted by molar-refractivity contribution is 5.24. The van der Waals surface area contributed by atoms with Gasteiger partial charge in [0.15, 0.2) is 0 Å². The van der Waals surface area contributed by atoms with E-state index >= 15 is 0 Å². The van der Waals surface area contributed by atoms with Crippen LogP contribution < -0.4 is 10.2 Å². The molecule has 0 fully saturated rings. The summed E-state index contributed by atoms with van der Waals surface area (Å²) in [5.41, 5.74) is -0.277. The van der Waals surface area contributed by atoms with Crippen LogP contribution in [0.3, 0.4) is 0 Å². The van der Waals surface area contributed by atoms with Gasteiger partial charge in [-0.15, -0.1) is 0 Å². The molecule has 0 saturated heterocycles.